The highest BCUT2D eigenvalue weighted by Gasteiger charge is 2.10. The van der Waals surface area contributed by atoms with Gasteiger partial charge in [0.15, 0.2) is 0 Å². The minimum absolute atomic E-state index is 0.147. The second-order valence-electron chi connectivity index (χ2n) is 6.72. The number of aromatic nitrogens is 1. The summed E-state index contributed by atoms with van der Waals surface area (Å²) in [4.78, 5) is 19.0. The van der Waals surface area contributed by atoms with Crippen LogP contribution in [0.5, 0.6) is 0 Å². The number of rotatable bonds is 7. The van der Waals surface area contributed by atoms with Gasteiger partial charge in [-0.15, -0.1) is 11.3 Å². The Hall–Kier alpha value is -2.70. The van der Waals surface area contributed by atoms with Gasteiger partial charge in [0.2, 0.25) is 0 Å². The molecule has 0 bridgehead atoms. The molecule has 1 amide bonds. The number of amidine groups is 1. The third-order valence-electron chi connectivity index (χ3n) is 4.48. The number of hydrogen-bond donors (Lipinski definition) is 2. The predicted molar refractivity (Wildman–Crippen MR) is 120 cm³/mol. The fraction of sp³-hybridized carbons (Fsp3) is 0.227. The van der Waals surface area contributed by atoms with Crippen LogP contribution in [-0.4, -0.2) is 35.2 Å². The molecule has 0 fully saturated rings. The molecule has 0 aliphatic heterocycles. The van der Waals surface area contributed by atoms with E-state index in [2.05, 4.69) is 17.2 Å². The Balaban J connectivity index is 1.67. The third-order valence-corrected chi connectivity index (χ3v) is 5.71. The maximum absolute atomic E-state index is 12.2. The molecule has 2 aromatic heterocycles. The predicted octanol–water partition coefficient (Wildman–Crippen LogP) is 5.06. The van der Waals surface area contributed by atoms with E-state index in [9.17, 15) is 4.79 Å². The standard InChI is InChI=1S/C22H23ClN4OS/c1-3-10-27(2)21(24)17-6-4-16(5-7-17)18-11-15(12-25-14-18)13-26-22(28)19-8-9-20(23)29-19/h4-9,11-12,14,24H,3,10,13H2,1-2H3,(H,26,28). The monoisotopic (exact) mass is 426 g/mol. The minimum atomic E-state index is -0.147. The summed E-state index contributed by atoms with van der Waals surface area (Å²) in [5.74, 6) is 0.369. The Bertz CT molecular complexity index is 1000. The Morgan fingerprint density at radius 3 is 2.59 bits per heavy atom. The Kier molecular flexibility index (Phi) is 7.01. The van der Waals surface area contributed by atoms with Crippen LogP contribution < -0.4 is 5.32 Å². The molecule has 2 heterocycles. The van der Waals surface area contributed by atoms with E-state index in [0.29, 0.717) is 21.6 Å². The smallest absolute Gasteiger partial charge is 0.261 e. The van der Waals surface area contributed by atoms with Gasteiger partial charge >= 0.3 is 0 Å². The first-order valence-corrected chi connectivity index (χ1v) is 10.6. The van der Waals surface area contributed by atoms with Crippen molar-refractivity contribution < 1.29 is 4.79 Å². The van der Waals surface area contributed by atoms with E-state index >= 15 is 0 Å². The summed E-state index contributed by atoms with van der Waals surface area (Å²) in [5.41, 5.74) is 3.79. The molecule has 0 radical (unpaired) electrons. The molecule has 0 aliphatic carbocycles. The molecule has 0 aliphatic rings. The molecule has 5 nitrogen and oxygen atoms in total. The molecule has 0 saturated carbocycles. The van der Waals surface area contributed by atoms with E-state index in [0.717, 1.165) is 35.2 Å². The van der Waals surface area contributed by atoms with Crippen molar-refractivity contribution in [2.75, 3.05) is 13.6 Å². The van der Waals surface area contributed by atoms with Crippen molar-refractivity contribution in [1.29, 1.82) is 5.41 Å². The number of amides is 1. The Morgan fingerprint density at radius 1 is 1.17 bits per heavy atom. The highest BCUT2D eigenvalue weighted by molar-refractivity contribution is 7.17. The largest absolute Gasteiger partial charge is 0.360 e. The van der Waals surface area contributed by atoms with Gasteiger partial charge in [0.25, 0.3) is 5.91 Å². The van der Waals surface area contributed by atoms with Gasteiger partial charge in [0, 0.05) is 43.7 Å². The average molecular weight is 427 g/mol. The fourth-order valence-electron chi connectivity index (χ4n) is 2.94. The highest BCUT2D eigenvalue weighted by Crippen LogP contribution is 2.22. The molecular weight excluding hydrogens is 404 g/mol. The summed E-state index contributed by atoms with van der Waals surface area (Å²) in [6.45, 7) is 3.35. The van der Waals surface area contributed by atoms with E-state index in [1.807, 2.05) is 42.3 Å². The van der Waals surface area contributed by atoms with Crippen LogP contribution in [0.2, 0.25) is 4.34 Å². The number of carbonyl (C=O) groups excluding carboxylic acids is 1. The maximum atomic E-state index is 12.2. The number of hydrogen-bond acceptors (Lipinski definition) is 4. The number of pyridine rings is 1. The van der Waals surface area contributed by atoms with Crippen molar-refractivity contribution in [2.24, 2.45) is 0 Å². The van der Waals surface area contributed by atoms with E-state index < -0.39 is 0 Å². The number of benzene rings is 1. The molecule has 2 N–H and O–H groups in total. The van der Waals surface area contributed by atoms with Crippen molar-refractivity contribution in [3.8, 4) is 11.1 Å². The molecule has 0 saturated heterocycles. The highest BCUT2D eigenvalue weighted by atomic mass is 35.5. The lowest BCUT2D eigenvalue weighted by Crippen LogP contribution is -2.27. The van der Waals surface area contributed by atoms with Gasteiger partial charge in [-0.2, -0.15) is 0 Å². The molecule has 29 heavy (non-hydrogen) atoms. The summed E-state index contributed by atoms with van der Waals surface area (Å²) in [6.07, 6.45) is 4.55. The van der Waals surface area contributed by atoms with Crippen LogP contribution in [0.3, 0.4) is 0 Å². The van der Waals surface area contributed by atoms with E-state index in [4.69, 9.17) is 17.0 Å². The topological polar surface area (TPSA) is 69.1 Å². The van der Waals surface area contributed by atoms with Crippen molar-refractivity contribution in [3.63, 3.8) is 0 Å². The van der Waals surface area contributed by atoms with Crippen LogP contribution in [0.1, 0.15) is 34.1 Å². The van der Waals surface area contributed by atoms with Crippen LogP contribution >= 0.6 is 22.9 Å². The van der Waals surface area contributed by atoms with Crippen LogP contribution in [0.25, 0.3) is 11.1 Å². The molecule has 150 valence electrons. The van der Waals surface area contributed by atoms with Crippen LogP contribution in [0, 0.1) is 5.41 Å². The summed E-state index contributed by atoms with van der Waals surface area (Å²) in [7, 11) is 1.94. The summed E-state index contributed by atoms with van der Waals surface area (Å²) in [5, 5.41) is 11.2. The van der Waals surface area contributed by atoms with Crippen LogP contribution in [0.4, 0.5) is 0 Å². The lowest BCUT2D eigenvalue weighted by molar-refractivity contribution is 0.0955. The van der Waals surface area contributed by atoms with Gasteiger partial charge in [-0.1, -0.05) is 42.8 Å². The number of nitrogens with zero attached hydrogens (tertiary/aromatic N) is 2. The molecular formula is C22H23ClN4OS. The zero-order valence-corrected chi connectivity index (χ0v) is 18.0. The molecule has 3 aromatic rings. The Labute approximate surface area is 179 Å². The quantitative estimate of drug-likeness (QED) is 0.409. The fourth-order valence-corrected chi connectivity index (χ4v) is 3.90. The average Bonchev–Trinajstić information content (AvgIpc) is 3.18. The number of halogens is 1. The molecule has 7 heteroatoms. The van der Waals surface area contributed by atoms with Crippen molar-refractivity contribution >= 4 is 34.7 Å². The first-order valence-electron chi connectivity index (χ1n) is 9.36. The minimum Gasteiger partial charge on any atom is -0.360 e. The van der Waals surface area contributed by atoms with E-state index in [1.165, 1.54) is 11.3 Å². The lowest BCUT2D eigenvalue weighted by Gasteiger charge is -2.19. The SMILES string of the molecule is CCCN(C)C(=N)c1ccc(-c2cncc(CNC(=O)c3ccc(Cl)s3)c2)cc1. The summed E-state index contributed by atoms with van der Waals surface area (Å²) in [6, 6.07) is 13.4. The van der Waals surface area contributed by atoms with Gasteiger partial charge in [-0.05, 0) is 35.7 Å². The molecule has 3 rings (SSSR count). The maximum Gasteiger partial charge on any atom is 0.261 e. The lowest BCUT2D eigenvalue weighted by atomic mass is 10.0. The second kappa shape index (κ2) is 9.67. The van der Waals surface area contributed by atoms with Crippen molar-refractivity contribution in [3.05, 3.63) is 75.2 Å². The Morgan fingerprint density at radius 2 is 1.93 bits per heavy atom. The molecule has 0 atom stereocenters. The van der Waals surface area contributed by atoms with Gasteiger partial charge in [-0.25, -0.2) is 0 Å². The molecule has 1 aromatic carbocycles. The summed E-state index contributed by atoms with van der Waals surface area (Å²) < 4.78 is 0.594. The van der Waals surface area contributed by atoms with Gasteiger partial charge in [-0.3, -0.25) is 15.2 Å². The van der Waals surface area contributed by atoms with Crippen LogP contribution in [-0.2, 0) is 6.54 Å². The van der Waals surface area contributed by atoms with Crippen molar-refractivity contribution in [1.82, 2.24) is 15.2 Å². The first-order chi connectivity index (χ1) is 14.0. The van der Waals surface area contributed by atoms with Crippen LogP contribution in [0.15, 0.2) is 54.9 Å². The number of nitrogens with one attached hydrogen (secondary N) is 2. The number of thiophene rings is 1. The van der Waals surface area contributed by atoms with E-state index in [-0.39, 0.29) is 5.91 Å². The number of carbonyl (C=O) groups is 1. The normalized spacial score (nSPS) is 10.6. The summed E-state index contributed by atoms with van der Waals surface area (Å²) >= 11 is 7.14. The first kappa shape index (κ1) is 21.0. The second-order valence-corrected chi connectivity index (χ2v) is 8.43. The molecule has 0 unspecified atom stereocenters. The van der Waals surface area contributed by atoms with Gasteiger partial charge < -0.3 is 10.2 Å². The van der Waals surface area contributed by atoms with Gasteiger partial charge in [0.1, 0.15) is 5.84 Å². The molecule has 0 spiro atoms. The zero-order chi connectivity index (χ0) is 20.8. The third kappa shape index (κ3) is 5.43. The zero-order valence-electron chi connectivity index (χ0n) is 16.4. The van der Waals surface area contributed by atoms with Gasteiger partial charge in [0.05, 0.1) is 9.21 Å². The van der Waals surface area contributed by atoms with Crippen molar-refractivity contribution in [2.45, 2.75) is 19.9 Å². The van der Waals surface area contributed by atoms with E-state index in [1.54, 1.807) is 24.5 Å².